The smallest absolute Gasteiger partial charge is 0.276 e. The van der Waals surface area contributed by atoms with Crippen LogP contribution in [0.4, 0.5) is 0 Å². The zero-order valence-corrected chi connectivity index (χ0v) is 20.3. The minimum Gasteiger partial charge on any atom is -0.497 e. The number of methoxy groups -OCH3 is 1. The summed E-state index contributed by atoms with van der Waals surface area (Å²) in [5.41, 5.74) is 2.76. The van der Waals surface area contributed by atoms with E-state index in [0.29, 0.717) is 30.8 Å². The Morgan fingerprint density at radius 1 is 1.03 bits per heavy atom. The lowest BCUT2D eigenvalue weighted by molar-refractivity contribution is -0.186. The lowest BCUT2D eigenvalue weighted by atomic mass is 10.2. The normalized spacial score (nSPS) is 20.8. The van der Waals surface area contributed by atoms with Gasteiger partial charge in [0.1, 0.15) is 5.75 Å². The molecule has 2 aliphatic rings. The number of hydroxylamine groups is 1. The molecule has 10 nitrogen and oxygen atoms in total. The van der Waals surface area contributed by atoms with Crippen LogP contribution in [0.5, 0.6) is 5.75 Å². The highest BCUT2D eigenvalue weighted by Gasteiger charge is 2.35. The monoisotopic (exact) mass is 503 g/mol. The molecule has 0 saturated carbocycles. The minimum absolute atomic E-state index is 0.0194. The van der Waals surface area contributed by atoms with Crippen LogP contribution in [-0.4, -0.2) is 63.7 Å². The average Bonchev–Trinajstić information content (AvgIpc) is 3.37. The molecule has 2 heterocycles. The molecule has 2 amide bonds. The van der Waals surface area contributed by atoms with Crippen molar-refractivity contribution in [1.82, 2.24) is 15.1 Å². The number of ether oxygens (including phenoxy) is 2. The van der Waals surface area contributed by atoms with Crippen LogP contribution in [0.15, 0.2) is 53.4 Å². The number of amides is 2. The van der Waals surface area contributed by atoms with Crippen LogP contribution in [-0.2, 0) is 19.6 Å². The van der Waals surface area contributed by atoms with Gasteiger partial charge in [-0.2, -0.15) is 4.31 Å². The third-order valence-corrected chi connectivity index (χ3v) is 7.93. The summed E-state index contributed by atoms with van der Waals surface area (Å²) in [5, 5.41) is 2.88. The molecule has 2 unspecified atom stereocenters. The van der Waals surface area contributed by atoms with Crippen LogP contribution in [0, 0.1) is 0 Å². The Balaban J connectivity index is 1.40. The molecule has 2 fully saturated rings. The highest BCUT2D eigenvalue weighted by atomic mass is 32.2. The first-order valence-corrected chi connectivity index (χ1v) is 12.9. The van der Waals surface area contributed by atoms with Gasteiger partial charge in [0, 0.05) is 37.7 Å². The van der Waals surface area contributed by atoms with Gasteiger partial charge < -0.3 is 14.8 Å². The average molecular weight is 504 g/mol. The van der Waals surface area contributed by atoms with E-state index in [-0.39, 0.29) is 35.5 Å². The summed E-state index contributed by atoms with van der Waals surface area (Å²) in [5.74, 6) is -0.320. The van der Waals surface area contributed by atoms with E-state index in [9.17, 15) is 18.0 Å². The second kappa shape index (κ2) is 11.2. The van der Waals surface area contributed by atoms with Crippen LogP contribution in [0.1, 0.15) is 46.4 Å². The standard InChI is InChI=1S/C24H29N3O7S/c1-32-19-11-9-17(10-12-19)23(28)25-18-13-14-27(16-18)35(30,31)21-7-3-2-6-20(21)24(29)26-34-22-8-4-5-15-33-22/h2-3,6-7,9-12,18,22H,4-5,8,13-16H2,1H3,(H,25,28)(H,26,29). The van der Waals surface area contributed by atoms with Crippen LogP contribution >= 0.6 is 0 Å². The Hall–Kier alpha value is -2.99. The fraction of sp³-hybridized carbons (Fsp3) is 0.417. The van der Waals surface area contributed by atoms with Crippen molar-refractivity contribution >= 4 is 21.8 Å². The Morgan fingerprint density at radius 3 is 2.51 bits per heavy atom. The van der Waals surface area contributed by atoms with Gasteiger partial charge in [-0.15, -0.1) is 0 Å². The van der Waals surface area contributed by atoms with E-state index in [2.05, 4.69) is 10.8 Å². The number of carbonyl (C=O) groups is 2. The molecule has 4 rings (SSSR count). The lowest BCUT2D eigenvalue weighted by Crippen LogP contribution is -2.39. The van der Waals surface area contributed by atoms with Crippen LogP contribution in [0.2, 0.25) is 0 Å². The maximum atomic E-state index is 13.4. The van der Waals surface area contributed by atoms with Crippen molar-refractivity contribution in [3.63, 3.8) is 0 Å². The zero-order valence-electron chi connectivity index (χ0n) is 19.4. The molecule has 188 valence electrons. The predicted molar refractivity (Wildman–Crippen MR) is 126 cm³/mol. The van der Waals surface area contributed by atoms with Crippen LogP contribution in [0.25, 0.3) is 0 Å². The van der Waals surface area contributed by atoms with E-state index in [4.69, 9.17) is 14.3 Å². The van der Waals surface area contributed by atoms with E-state index in [1.807, 2.05) is 0 Å². The highest BCUT2D eigenvalue weighted by Crippen LogP contribution is 2.25. The summed E-state index contributed by atoms with van der Waals surface area (Å²) >= 11 is 0. The topological polar surface area (TPSA) is 123 Å². The van der Waals surface area contributed by atoms with Gasteiger partial charge in [-0.25, -0.2) is 18.7 Å². The number of carbonyl (C=O) groups excluding carboxylic acids is 2. The maximum Gasteiger partial charge on any atom is 0.276 e. The van der Waals surface area contributed by atoms with Crippen molar-refractivity contribution in [2.75, 3.05) is 26.8 Å². The third-order valence-electron chi connectivity index (χ3n) is 6.01. The van der Waals surface area contributed by atoms with E-state index in [1.54, 1.807) is 43.5 Å². The Bertz CT molecular complexity index is 1150. The minimum atomic E-state index is -3.98. The van der Waals surface area contributed by atoms with E-state index in [1.165, 1.54) is 16.4 Å². The highest BCUT2D eigenvalue weighted by molar-refractivity contribution is 7.89. The number of sulfonamides is 1. The van der Waals surface area contributed by atoms with Gasteiger partial charge in [0.25, 0.3) is 11.8 Å². The fourth-order valence-corrected chi connectivity index (χ4v) is 5.76. The van der Waals surface area contributed by atoms with Gasteiger partial charge in [-0.1, -0.05) is 12.1 Å². The summed E-state index contributed by atoms with van der Waals surface area (Å²) in [6.45, 7) is 0.876. The molecule has 2 aliphatic heterocycles. The number of hydrogen-bond acceptors (Lipinski definition) is 7. The molecule has 11 heteroatoms. The van der Waals surface area contributed by atoms with Crippen molar-refractivity contribution in [3.05, 3.63) is 59.7 Å². The molecule has 2 aromatic rings. The SMILES string of the molecule is COc1ccc(C(=O)NC2CCN(S(=O)(=O)c3ccccc3C(=O)NOC3CCCCO3)C2)cc1. The van der Waals surface area contributed by atoms with Gasteiger partial charge in [0.15, 0.2) is 6.29 Å². The number of nitrogens with zero attached hydrogens (tertiary/aromatic N) is 1. The quantitative estimate of drug-likeness (QED) is 0.529. The Kier molecular flexibility index (Phi) is 8.01. The number of nitrogens with one attached hydrogen (secondary N) is 2. The first-order chi connectivity index (χ1) is 16.9. The summed E-state index contributed by atoms with van der Waals surface area (Å²) in [6, 6.07) is 12.3. The number of hydrogen-bond donors (Lipinski definition) is 2. The summed E-state index contributed by atoms with van der Waals surface area (Å²) in [4.78, 5) is 30.5. The van der Waals surface area contributed by atoms with Crippen molar-refractivity contribution in [1.29, 1.82) is 0 Å². The second-order valence-electron chi connectivity index (χ2n) is 8.39. The number of benzene rings is 2. The van der Waals surface area contributed by atoms with Gasteiger partial charge in [-0.3, -0.25) is 9.59 Å². The van der Waals surface area contributed by atoms with Crippen molar-refractivity contribution in [3.8, 4) is 5.75 Å². The molecule has 0 spiro atoms. The second-order valence-corrected chi connectivity index (χ2v) is 10.3. The molecule has 35 heavy (non-hydrogen) atoms. The van der Waals surface area contributed by atoms with Crippen molar-refractivity contribution in [2.45, 2.75) is 42.9 Å². The van der Waals surface area contributed by atoms with Gasteiger partial charge in [0.05, 0.1) is 17.6 Å². The van der Waals surface area contributed by atoms with E-state index >= 15 is 0 Å². The molecular formula is C24H29N3O7S. The molecule has 0 aromatic heterocycles. The van der Waals surface area contributed by atoms with Crippen LogP contribution < -0.4 is 15.5 Å². The van der Waals surface area contributed by atoms with Gasteiger partial charge in [0.2, 0.25) is 10.0 Å². The van der Waals surface area contributed by atoms with Gasteiger partial charge >= 0.3 is 0 Å². The summed E-state index contributed by atoms with van der Waals surface area (Å²) < 4.78 is 38.6. The summed E-state index contributed by atoms with van der Waals surface area (Å²) in [7, 11) is -2.44. The fourth-order valence-electron chi connectivity index (χ4n) is 4.07. The molecule has 0 bridgehead atoms. The third kappa shape index (κ3) is 5.99. The van der Waals surface area contributed by atoms with Crippen molar-refractivity contribution < 1.29 is 32.3 Å². The Morgan fingerprint density at radius 2 is 1.80 bits per heavy atom. The maximum absolute atomic E-state index is 13.4. The zero-order chi connectivity index (χ0) is 24.8. The van der Waals surface area contributed by atoms with Gasteiger partial charge in [-0.05, 0) is 55.7 Å². The van der Waals surface area contributed by atoms with E-state index in [0.717, 1.165) is 12.8 Å². The first-order valence-electron chi connectivity index (χ1n) is 11.5. The van der Waals surface area contributed by atoms with Crippen molar-refractivity contribution in [2.24, 2.45) is 0 Å². The molecular weight excluding hydrogens is 474 g/mol. The molecule has 0 aliphatic carbocycles. The molecule has 2 saturated heterocycles. The van der Waals surface area contributed by atoms with E-state index < -0.39 is 22.2 Å². The first kappa shape index (κ1) is 25.1. The molecule has 0 radical (unpaired) electrons. The molecule has 2 atom stereocenters. The molecule has 2 aromatic carbocycles. The van der Waals surface area contributed by atoms with Crippen LogP contribution in [0.3, 0.4) is 0 Å². The predicted octanol–water partition coefficient (Wildman–Crippen LogP) is 2.08. The summed E-state index contributed by atoms with van der Waals surface area (Å²) in [6.07, 6.45) is 2.42. The largest absolute Gasteiger partial charge is 0.497 e. The molecule has 2 N–H and O–H groups in total. The number of rotatable bonds is 8. The Labute approximate surface area is 204 Å². The lowest BCUT2D eigenvalue weighted by Gasteiger charge is -2.23.